The lowest BCUT2D eigenvalue weighted by Crippen LogP contribution is -2.31. The molecule has 2 rings (SSSR count). The Morgan fingerprint density at radius 3 is 3.00 bits per heavy atom. The Morgan fingerprint density at radius 1 is 1.43 bits per heavy atom. The van der Waals surface area contributed by atoms with Crippen molar-refractivity contribution < 1.29 is 4.39 Å². The molecule has 1 atom stereocenters. The van der Waals surface area contributed by atoms with Gasteiger partial charge in [-0.15, -0.1) is 11.8 Å². The number of aryl methyl sites for hydroxylation is 1. The predicted molar refractivity (Wildman–Crippen MR) is 86.2 cm³/mol. The molecule has 3 nitrogen and oxygen atoms in total. The predicted octanol–water partition coefficient (Wildman–Crippen LogP) is 3.36. The van der Waals surface area contributed by atoms with Gasteiger partial charge in [0, 0.05) is 42.0 Å². The number of likely N-dealkylation sites (N-methyl/N-ethyl adjacent to an activating group) is 1. The van der Waals surface area contributed by atoms with Crippen molar-refractivity contribution in [3.8, 4) is 0 Å². The fourth-order valence-electron chi connectivity index (χ4n) is 2.19. The minimum absolute atomic E-state index is 0.181. The topological polar surface area (TPSA) is 29.9 Å². The first-order valence-electron chi connectivity index (χ1n) is 7.28. The highest BCUT2D eigenvalue weighted by atomic mass is 32.2. The molecule has 0 radical (unpaired) electrons. The molecule has 0 saturated heterocycles. The van der Waals surface area contributed by atoms with E-state index in [1.165, 1.54) is 6.07 Å². The average molecular weight is 307 g/mol. The van der Waals surface area contributed by atoms with E-state index >= 15 is 0 Å². The Kier molecular flexibility index (Phi) is 6.26. The highest BCUT2D eigenvalue weighted by Crippen LogP contribution is 2.20. The van der Waals surface area contributed by atoms with Gasteiger partial charge in [-0.2, -0.15) is 0 Å². The van der Waals surface area contributed by atoms with Crippen molar-refractivity contribution in [2.75, 3.05) is 12.8 Å². The lowest BCUT2D eigenvalue weighted by Gasteiger charge is -2.16. The standard InChI is InChI=1S/C16H22FN3S/c1-3-8-20-9-7-19-16(20)11-14(18-2)12-21-15-6-4-5-13(17)10-15/h4-7,9-10,14,18H,3,8,11-12H2,1-2H3. The first-order chi connectivity index (χ1) is 10.2. The molecule has 0 fully saturated rings. The number of hydrogen-bond acceptors (Lipinski definition) is 3. The van der Waals surface area contributed by atoms with Gasteiger partial charge in [-0.05, 0) is 31.7 Å². The number of aromatic nitrogens is 2. The first kappa shape index (κ1) is 16.0. The molecule has 0 aliphatic heterocycles. The van der Waals surface area contributed by atoms with Crippen molar-refractivity contribution >= 4 is 11.8 Å². The molecule has 0 aliphatic rings. The molecule has 0 aliphatic carbocycles. The van der Waals surface area contributed by atoms with Gasteiger partial charge in [0.05, 0.1) is 0 Å². The third-order valence-corrected chi connectivity index (χ3v) is 4.51. The van der Waals surface area contributed by atoms with Crippen LogP contribution in [0.5, 0.6) is 0 Å². The van der Waals surface area contributed by atoms with Crippen LogP contribution in [0.1, 0.15) is 19.2 Å². The summed E-state index contributed by atoms with van der Waals surface area (Å²) in [5.41, 5.74) is 0. The van der Waals surface area contributed by atoms with Crippen molar-refractivity contribution in [2.24, 2.45) is 0 Å². The third-order valence-electron chi connectivity index (χ3n) is 3.35. The van der Waals surface area contributed by atoms with E-state index in [0.29, 0.717) is 6.04 Å². The molecule has 21 heavy (non-hydrogen) atoms. The number of thioether (sulfide) groups is 1. The Labute approximate surface area is 130 Å². The van der Waals surface area contributed by atoms with Crippen molar-refractivity contribution in [1.82, 2.24) is 14.9 Å². The van der Waals surface area contributed by atoms with Crippen LogP contribution in [-0.4, -0.2) is 28.4 Å². The Morgan fingerprint density at radius 2 is 2.29 bits per heavy atom. The molecule has 0 bridgehead atoms. The van der Waals surface area contributed by atoms with Gasteiger partial charge in [0.15, 0.2) is 0 Å². The summed E-state index contributed by atoms with van der Waals surface area (Å²) in [7, 11) is 1.96. The maximum atomic E-state index is 13.2. The number of benzene rings is 1. The molecule has 0 amide bonds. The molecule has 1 heterocycles. The van der Waals surface area contributed by atoms with Crippen molar-refractivity contribution in [1.29, 1.82) is 0 Å². The molecular formula is C16H22FN3S. The fraction of sp³-hybridized carbons (Fsp3) is 0.438. The lowest BCUT2D eigenvalue weighted by molar-refractivity contribution is 0.560. The number of hydrogen-bond donors (Lipinski definition) is 1. The summed E-state index contributed by atoms with van der Waals surface area (Å²) in [6.07, 6.45) is 5.88. The number of nitrogens with zero attached hydrogens (tertiary/aromatic N) is 2. The second kappa shape index (κ2) is 8.20. The SMILES string of the molecule is CCCn1ccnc1CC(CSc1cccc(F)c1)NC. The van der Waals surface area contributed by atoms with Gasteiger partial charge in [-0.3, -0.25) is 0 Å². The van der Waals surface area contributed by atoms with Crippen LogP contribution in [0.25, 0.3) is 0 Å². The van der Waals surface area contributed by atoms with Crippen LogP contribution in [0.15, 0.2) is 41.6 Å². The first-order valence-corrected chi connectivity index (χ1v) is 8.27. The number of halogens is 1. The summed E-state index contributed by atoms with van der Waals surface area (Å²) in [6, 6.07) is 7.06. The molecule has 1 N–H and O–H groups in total. The number of imidazole rings is 1. The summed E-state index contributed by atoms with van der Waals surface area (Å²) in [5.74, 6) is 1.81. The summed E-state index contributed by atoms with van der Waals surface area (Å²) in [4.78, 5) is 5.41. The Bertz CT molecular complexity index is 556. The zero-order chi connectivity index (χ0) is 15.1. The van der Waals surface area contributed by atoms with Crippen LogP contribution in [0.4, 0.5) is 4.39 Å². The van der Waals surface area contributed by atoms with E-state index in [-0.39, 0.29) is 5.82 Å². The largest absolute Gasteiger partial charge is 0.335 e. The van der Waals surface area contributed by atoms with E-state index in [9.17, 15) is 4.39 Å². The van der Waals surface area contributed by atoms with E-state index in [4.69, 9.17) is 0 Å². The molecule has 1 unspecified atom stereocenters. The van der Waals surface area contributed by atoms with Gasteiger partial charge < -0.3 is 9.88 Å². The van der Waals surface area contributed by atoms with E-state index < -0.39 is 0 Å². The number of rotatable bonds is 8. The Hall–Kier alpha value is -1.33. The molecule has 114 valence electrons. The maximum Gasteiger partial charge on any atom is 0.124 e. The second-order valence-electron chi connectivity index (χ2n) is 4.99. The van der Waals surface area contributed by atoms with E-state index in [0.717, 1.165) is 35.9 Å². The van der Waals surface area contributed by atoms with Crippen LogP contribution in [0, 0.1) is 5.82 Å². The smallest absolute Gasteiger partial charge is 0.124 e. The molecular weight excluding hydrogens is 285 g/mol. The van der Waals surface area contributed by atoms with Crippen LogP contribution in [0.3, 0.4) is 0 Å². The monoisotopic (exact) mass is 307 g/mol. The van der Waals surface area contributed by atoms with Gasteiger partial charge in [-0.25, -0.2) is 9.37 Å². The van der Waals surface area contributed by atoms with Crippen LogP contribution in [0.2, 0.25) is 0 Å². The van der Waals surface area contributed by atoms with Crippen molar-refractivity contribution in [2.45, 2.75) is 37.2 Å². The Balaban J connectivity index is 1.92. The quantitative estimate of drug-likeness (QED) is 0.759. The van der Waals surface area contributed by atoms with Crippen molar-refractivity contribution in [3.63, 3.8) is 0 Å². The summed E-state index contributed by atoms with van der Waals surface area (Å²) in [6.45, 7) is 3.17. The highest BCUT2D eigenvalue weighted by Gasteiger charge is 2.12. The molecule has 0 spiro atoms. The maximum absolute atomic E-state index is 13.2. The number of nitrogens with one attached hydrogen (secondary N) is 1. The second-order valence-corrected chi connectivity index (χ2v) is 6.09. The van der Waals surface area contributed by atoms with Gasteiger partial charge >= 0.3 is 0 Å². The van der Waals surface area contributed by atoms with Gasteiger partial charge in [-0.1, -0.05) is 13.0 Å². The van der Waals surface area contributed by atoms with Gasteiger partial charge in [0.25, 0.3) is 0 Å². The van der Waals surface area contributed by atoms with Crippen LogP contribution in [-0.2, 0) is 13.0 Å². The van der Waals surface area contributed by atoms with Crippen LogP contribution >= 0.6 is 11.8 Å². The molecule has 2 aromatic rings. The van der Waals surface area contributed by atoms with E-state index in [1.807, 2.05) is 25.5 Å². The zero-order valence-corrected chi connectivity index (χ0v) is 13.4. The van der Waals surface area contributed by atoms with Gasteiger partial charge in [0.1, 0.15) is 11.6 Å². The third kappa shape index (κ3) is 4.86. The summed E-state index contributed by atoms with van der Waals surface area (Å²) >= 11 is 1.67. The minimum Gasteiger partial charge on any atom is -0.335 e. The van der Waals surface area contributed by atoms with E-state index in [1.54, 1.807) is 23.9 Å². The lowest BCUT2D eigenvalue weighted by atomic mass is 10.2. The normalized spacial score (nSPS) is 12.5. The zero-order valence-electron chi connectivity index (χ0n) is 12.6. The molecule has 5 heteroatoms. The molecule has 1 aromatic carbocycles. The van der Waals surface area contributed by atoms with Crippen LogP contribution < -0.4 is 5.32 Å². The summed E-state index contributed by atoms with van der Waals surface area (Å²) < 4.78 is 15.4. The average Bonchev–Trinajstić information content (AvgIpc) is 2.91. The van der Waals surface area contributed by atoms with Crippen molar-refractivity contribution in [3.05, 3.63) is 48.3 Å². The molecule has 1 aromatic heterocycles. The summed E-state index contributed by atoms with van der Waals surface area (Å²) in [5, 5.41) is 3.33. The minimum atomic E-state index is -0.181. The highest BCUT2D eigenvalue weighted by molar-refractivity contribution is 7.99. The fourth-order valence-corrected chi connectivity index (χ4v) is 3.24. The van der Waals surface area contributed by atoms with Gasteiger partial charge in [0.2, 0.25) is 0 Å². The molecule has 0 saturated carbocycles. The van der Waals surface area contributed by atoms with E-state index in [2.05, 4.69) is 21.8 Å².